The molecule has 0 saturated heterocycles. The highest BCUT2D eigenvalue weighted by molar-refractivity contribution is 6.30. The van der Waals surface area contributed by atoms with E-state index in [9.17, 15) is 32.3 Å². The van der Waals surface area contributed by atoms with Crippen molar-refractivity contribution in [1.29, 1.82) is 0 Å². The summed E-state index contributed by atoms with van der Waals surface area (Å²) in [6, 6.07) is 17.4. The lowest BCUT2D eigenvalue weighted by Crippen LogP contribution is -2.40. The number of carbonyl (C=O) groups excluding carboxylic acids is 4. The van der Waals surface area contributed by atoms with Gasteiger partial charge in [-0.25, -0.2) is 14.6 Å². The lowest BCUT2D eigenvalue weighted by molar-refractivity contribution is -0.202. The molecule has 2 amide bonds. The number of esters is 2. The van der Waals surface area contributed by atoms with E-state index in [1.165, 1.54) is 0 Å². The van der Waals surface area contributed by atoms with Gasteiger partial charge < -0.3 is 25.4 Å². The number of aromatic nitrogens is 1. The molecule has 1 heterocycles. The molecule has 0 aliphatic heterocycles. The zero-order valence-electron chi connectivity index (χ0n) is 21.2. The third-order valence-electron chi connectivity index (χ3n) is 5.33. The SMILES string of the molecule is O=C(CNC(=O)OCCNc1ccccn1)NC(CC(=O)OC(=O)C(F)(F)F)c1ccc(-c2ccc(Cl)cc2)cc1. The molecule has 216 valence electrons. The number of hydrogen-bond acceptors (Lipinski definition) is 8. The Kier molecular flexibility index (Phi) is 11.0. The molecular formula is C27H24ClF3N4O6. The van der Waals surface area contributed by atoms with Gasteiger partial charge in [0.15, 0.2) is 0 Å². The number of rotatable bonds is 11. The van der Waals surface area contributed by atoms with Crippen LogP contribution in [0.2, 0.25) is 5.02 Å². The molecule has 1 aromatic heterocycles. The van der Waals surface area contributed by atoms with E-state index in [1.54, 1.807) is 72.9 Å². The van der Waals surface area contributed by atoms with E-state index >= 15 is 0 Å². The van der Waals surface area contributed by atoms with Crippen LogP contribution < -0.4 is 16.0 Å². The Morgan fingerprint density at radius 3 is 2.20 bits per heavy atom. The van der Waals surface area contributed by atoms with Crippen molar-refractivity contribution >= 4 is 41.4 Å². The van der Waals surface area contributed by atoms with E-state index in [-0.39, 0.29) is 13.2 Å². The summed E-state index contributed by atoms with van der Waals surface area (Å²) in [5.41, 5.74) is 1.90. The second kappa shape index (κ2) is 14.7. The summed E-state index contributed by atoms with van der Waals surface area (Å²) in [4.78, 5) is 51.6. The highest BCUT2D eigenvalue weighted by Crippen LogP contribution is 2.25. The van der Waals surface area contributed by atoms with Gasteiger partial charge in [-0.3, -0.25) is 9.59 Å². The van der Waals surface area contributed by atoms with Gasteiger partial charge in [0.1, 0.15) is 19.0 Å². The van der Waals surface area contributed by atoms with Crippen LogP contribution in [-0.2, 0) is 23.9 Å². The Bertz CT molecular complexity index is 1340. The second-order valence-corrected chi connectivity index (χ2v) is 8.78. The number of benzene rings is 2. The normalized spacial score (nSPS) is 11.6. The van der Waals surface area contributed by atoms with Crippen LogP contribution in [-0.4, -0.2) is 54.8 Å². The molecule has 0 saturated carbocycles. The van der Waals surface area contributed by atoms with Crippen LogP contribution in [0.25, 0.3) is 11.1 Å². The number of alkyl halides is 3. The third-order valence-corrected chi connectivity index (χ3v) is 5.59. The number of ether oxygens (including phenoxy) is 2. The molecule has 0 fully saturated rings. The monoisotopic (exact) mass is 592 g/mol. The van der Waals surface area contributed by atoms with Crippen molar-refractivity contribution in [3.63, 3.8) is 0 Å². The first kappa shape index (κ1) is 30.9. The quantitative estimate of drug-likeness (QED) is 0.169. The molecule has 1 unspecified atom stereocenters. The molecule has 1 atom stereocenters. The lowest BCUT2D eigenvalue weighted by Gasteiger charge is -2.19. The summed E-state index contributed by atoms with van der Waals surface area (Å²) < 4.78 is 46.4. The van der Waals surface area contributed by atoms with E-state index in [0.717, 1.165) is 11.1 Å². The van der Waals surface area contributed by atoms with Crippen LogP contribution in [0.15, 0.2) is 72.9 Å². The van der Waals surface area contributed by atoms with Gasteiger partial charge in [0.2, 0.25) is 5.91 Å². The van der Waals surface area contributed by atoms with Crippen LogP contribution in [0.4, 0.5) is 23.8 Å². The summed E-state index contributed by atoms with van der Waals surface area (Å²) in [6.45, 7) is -0.350. The first-order valence-electron chi connectivity index (χ1n) is 12.0. The summed E-state index contributed by atoms with van der Waals surface area (Å²) in [6.07, 6.45) is -5.48. The Morgan fingerprint density at radius 2 is 1.59 bits per heavy atom. The number of nitrogens with zero attached hydrogens (tertiary/aromatic N) is 1. The highest BCUT2D eigenvalue weighted by atomic mass is 35.5. The zero-order valence-corrected chi connectivity index (χ0v) is 22.0. The van der Waals surface area contributed by atoms with Gasteiger partial charge in [-0.15, -0.1) is 0 Å². The number of amides is 2. The highest BCUT2D eigenvalue weighted by Gasteiger charge is 2.42. The smallest absolute Gasteiger partial charge is 0.448 e. The Labute approximate surface area is 237 Å². The van der Waals surface area contributed by atoms with Gasteiger partial charge in [0.05, 0.1) is 19.0 Å². The van der Waals surface area contributed by atoms with Gasteiger partial charge >= 0.3 is 24.2 Å². The maximum Gasteiger partial charge on any atom is 0.491 e. The van der Waals surface area contributed by atoms with Gasteiger partial charge in [-0.2, -0.15) is 13.2 Å². The molecular weight excluding hydrogens is 569 g/mol. The number of anilines is 1. The van der Waals surface area contributed by atoms with Crippen LogP contribution >= 0.6 is 11.6 Å². The standard InChI is InChI=1S/C27H24ClF3N4O6/c28-20-10-8-18(9-11-20)17-4-6-19(7-5-17)21(15-24(37)41-25(38)27(29,30)31)35-23(36)16-34-26(39)40-14-13-33-22-3-1-2-12-32-22/h1-12,21H,13-16H2,(H,32,33)(H,34,39)(H,35,36). The summed E-state index contributed by atoms with van der Waals surface area (Å²) >= 11 is 5.91. The van der Waals surface area contributed by atoms with Gasteiger partial charge in [0, 0.05) is 11.2 Å². The van der Waals surface area contributed by atoms with Crippen LogP contribution in [0.1, 0.15) is 18.0 Å². The average Bonchev–Trinajstić information content (AvgIpc) is 2.94. The molecule has 41 heavy (non-hydrogen) atoms. The number of alkyl carbamates (subject to hydrolysis) is 1. The zero-order chi connectivity index (χ0) is 29.8. The first-order valence-corrected chi connectivity index (χ1v) is 12.4. The van der Waals surface area contributed by atoms with Gasteiger partial charge in [-0.05, 0) is 41.0 Å². The number of hydrogen-bond donors (Lipinski definition) is 3. The number of pyridine rings is 1. The lowest BCUT2D eigenvalue weighted by atomic mass is 9.99. The molecule has 0 aliphatic carbocycles. The minimum Gasteiger partial charge on any atom is -0.448 e. The van der Waals surface area contributed by atoms with Crippen molar-refractivity contribution < 1.29 is 41.8 Å². The summed E-state index contributed by atoms with van der Waals surface area (Å²) in [7, 11) is 0. The topological polar surface area (TPSA) is 136 Å². The molecule has 0 spiro atoms. The van der Waals surface area contributed by atoms with Crippen molar-refractivity contribution in [2.45, 2.75) is 18.6 Å². The number of nitrogens with one attached hydrogen (secondary N) is 3. The fourth-order valence-electron chi connectivity index (χ4n) is 3.41. The van der Waals surface area contributed by atoms with Gasteiger partial charge in [0.25, 0.3) is 0 Å². The molecule has 3 N–H and O–H groups in total. The molecule has 14 heteroatoms. The number of carbonyl (C=O) groups is 4. The molecule has 2 aromatic carbocycles. The van der Waals surface area contributed by atoms with Crippen molar-refractivity contribution in [2.24, 2.45) is 0 Å². The van der Waals surface area contributed by atoms with Crippen LogP contribution in [0.5, 0.6) is 0 Å². The largest absolute Gasteiger partial charge is 0.491 e. The van der Waals surface area contributed by atoms with Crippen molar-refractivity contribution in [3.8, 4) is 11.1 Å². The summed E-state index contributed by atoms with van der Waals surface area (Å²) in [5, 5.41) is 8.15. The Hall–Kier alpha value is -4.65. The second-order valence-electron chi connectivity index (χ2n) is 8.34. The fourth-order valence-corrected chi connectivity index (χ4v) is 3.54. The van der Waals surface area contributed by atoms with E-state index in [0.29, 0.717) is 16.4 Å². The summed E-state index contributed by atoms with van der Waals surface area (Å²) in [5.74, 6) is -4.38. The molecule has 0 aliphatic rings. The Balaban J connectivity index is 1.58. The number of halogens is 4. The molecule has 10 nitrogen and oxygen atoms in total. The molecule has 3 rings (SSSR count). The van der Waals surface area contributed by atoms with Crippen LogP contribution in [0.3, 0.4) is 0 Å². The predicted octanol–water partition coefficient (Wildman–Crippen LogP) is 4.42. The van der Waals surface area contributed by atoms with E-state index < -0.39 is 49.1 Å². The van der Waals surface area contributed by atoms with Crippen molar-refractivity contribution in [2.75, 3.05) is 25.0 Å². The van der Waals surface area contributed by atoms with Crippen molar-refractivity contribution in [3.05, 3.63) is 83.5 Å². The van der Waals surface area contributed by atoms with Crippen LogP contribution in [0, 0.1) is 0 Å². The minimum absolute atomic E-state index is 0.0360. The fraction of sp³-hybridized carbons (Fsp3) is 0.222. The average molecular weight is 593 g/mol. The molecule has 0 radical (unpaired) electrons. The van der Waals surface area contributed by atoms with E-state index in [1.807, 2.05) is 0 Å². The predicted molar refractivity (Wildman–Crippen MR) is 142 cm³/mol. The first-order chi connectivity index (χ1) is 19.5. The molecule has 3 aromatic rings. The maximum absolute atomic E-state index is 12.5. The van der Waals surface area contributed by atoms with E-state index in [2.05, 4.69) is 25.7 Å². The van der Waals surface area contributed by atoms with E-state index in [4.69, 9.17) is 16.3 Å². The minimum atomic E-state index is -5.37. The Morgan fingerprint density at radius 1 is 0.927 bits per heavy atom. The van der Waals surface area contributed by atoms with Gasteiger partial charge in [-0.1, -0.05) is 54.1 Å². The third kappa shape index (κ3) is 10.4. The maximum atomic E-state index is 12.5. The van der Waals surface area contributed by atoms with Crippen molar-refractivity contribution in [1.82, 2.24) is 15.6 Å². The molecule has 0 bridgehead atoms.